The molecule has 2 amide bonds. The van der Waals surface area contributed by atoms with Crippen molar-refractivity contribution < 1.29 is 19.1 Å². The second-order valence-corrected chi connectivity index (χ2v) is 8.93. The van der Waals surface area contributed by atoms with Crippen molar-refractivity contribution in [1.29, 1.82) is 0 Å². The molecule has 2 fully saturated rings. The third-order valence-electron chi connectivity index (χ3n) is 6.28. The number of benzene rings is 2. The number of likely N-dealkylation sites (tertiary alicyclic amines) is 1. The zero-order chi connectivity index (χ0) is 22.7. The highest BCUT2D eigenvalue weighted by atomic mass is 16.5. The van der Waals surface area contributed by atoms with Gasteiger partial charge in [-0.1, -0.05) is 29.8 Å². The van der Waals surface area contributed by atoms with Crippen molar-refractivity contribution in [1.82, 2.24) is 9.80 Å². The Morgan fingerprint density at radius 1 is 1.03 bits per heavy atom. The van der Waals surface area contributed by atoms with Crippen LogP contribution in [0.15, 0.2) is 42.5 Å². The van der Waals surface area contributed by atoms with Crippen molar-refractivity contribution in [2.75, 3.05) is 27.2 Å². The Hall–Kier alpha value is -3.02. The molecule has 32 heavy (non-hydrogen) atoms. The van der Waals surface area contributed by atoms with Gasteiger partial charge in [-0.2, -0.15) is 0 Å². The Labute approximate surface area is 190 Å². The minimum atomic E-state index is -0.110. The Morgan fingerprint density at radius 2 is 1.72 bits per heavy atom. The zero-order valence-electron chi connectivity index (χ0n) is 19.2. The second-order valence-electron chi connectivity index (χ2n) is 8.93. The molecule has 0 atom stereocenters. The highest BCUT2D eigenvalue weighted by Gasteiger charge is 2.35. The first-order valence-corrected chi connectivity index (χ1v) is 11.4. The standard InChI is InChI=1S/C26H32N2O4/c1-18-4-6-19(7-5-18)17-27(2)26(30)23-16-22(31-3)10-11-24(23)32-21-12-14-28(15-13-21)25(29)20-8-9-20/h4-7,10-11,16,20-21H,8-9,12-15,17H2,1-3H3. The van der Waals surface area contributed by atoms with Gasteiger partial charge >= 0.3 is 0 Å². The molecule has 2 aromatic rings. The van der Waals surface area contributed by atoms with Crippen LogP contribution < -0.4 is 9.47 Å². The highest BCUT2D eigenvalue weighted by molar-refractivity contribution is 5.97. The minimum absolute atomic E-state index is 0.0133. The van der Waals surface area contributed by atoms with Gasteiger partial charge in [-0.25, -0.2) is 0 Å². The Balaban J connectivity index is 1.44. The van der Waals surface area contributed by atoms with Gasteiger partial charge in [0.1, 0.15) is 17.6 Å². The molecule has 2 aromatic carbocycles. The number of piperidine rings is 1. The van der Waals surface area contributed by atoms with E-state index in [-0.39, 0.29) is 17.9 Å². The Morgan fingerprint density at radius 3 is 2.34 bits per heavy atom. The third-order valence-corrected chi connectivity index (χ3v) is 6.28. The first-order chi connectivity index (χ1) is 15.4. The van der Waals surface area contributed by atoms with E-state index >= 15 is 0 Å². The topological polar surface area (TPSA) is 59.1 Å². The number of carbonyl (C=O) groups is 2. The van der Waals surface area contributed by atoms with Crippen molar-refractivity contribution in [3.63, 3.8) is 0 Å². The van der Waals surface area contributed by atoms with Crippen LogP contribution in [0, 0.1) is 12.8 Å². The monoisotopic (exact) mass is 436 g/mol. The van der Waals surface area contributed by atoms with E-state index < -0.39 is 0 Å². The summed E-state index contributed by atoms with van der Waals surface area (Å²) in [6, 6.07) is 13.6. The van der Waals surface area contributed by atoms with Gasteiger partial charge in [0.15, 0.2) is 0 Å². The van der Waals surface area contributed by atoms with Crippen LogP contribution >= 0.6 is 0 Å². The molecule has 0 aromatic heterocycles. The van der Waals surface area contributed by atoms with E-state index in [2.05, 4.69) is 0 Å². The number of carbonyl (C=O) groups excluding carboxylic acids is 2. The number of hydrogen-bond acceptors (Lipinski definition) is 4. The Kier molecular flexibility index (Phi) is 6.68. The van der Waals surface area contributed by atoms with Gasteiger partial charge in [-0.05, 0) is 43.5 Å². The van der Waals surface area contributed by atoms with Gasteiger partial charge in [0.25, 0.3) is 5.91 Å². The zero-order valence-corrected chi connectivity index (χ0v) is 19.2. The molecule has 170 valence electrons. The molecule has 0 unspecified atom stereocenters. The molecule has 1 saturated carbocycles. The lowest BCUT2D eigenvalue weighted by atomic mass is 10.1. The SMILES string of the molecule is COc1ccc(OC2CCN(C(=O)C3CC3)CC2)c(C(=O)N(C)Cc2ccc(C)cc2)c1. The number of methoxy groups -OCH3 is 1. The maximum Gasteiger partial charge on any atom is 0.257 e. The molecular weight excluding hydrogens is 404 g/mol. The van der Waals surface area contributed by atoms with Crippen molar-refractivity contribution >= 4 is 11.8 Å². The summed E-state index contributed by atoms with van der Waals surface area (Å²) in [5, 5.41) is 0. The molecule has 0 N–H and O–H groups in total. The van der Waals surface area contributed by atoms with Gasteiger partial charge in [-0.3, -0.25) is 9.59 Å². The first-order valence-electron chi connectivity index (χ1n) is 11.4. The molecule has 2 aliphatic rings. The van der Waals surface area contributed by atoms with Crippen LogP contribution in [0.3, 0.4) is 0 Å². The van der Waals surface area contributed by atoms with E-state index in [4.69, 9.17) is 9.47 Å². The predicted molar refractivity (Wildman–Crippen MR) is 123 cm³/mol. The molecule has 4 rings (SSSR count). The normalized spacial score (nSPS) is 16.5. The number of ether oxygens (including phenoxy) is 2. The van der Waals surface area contributed by atoms with Crippen LogP contribution in [0.2, 0.25) is 0 Å². The maximum atomic E-state index is 13.3. The van der Waals surface area contributed by atoms with E-state index in [0.29, 0.717) is 42.6 Å². The van der Waals surface area contributed by atoms with Crippen molar-refractivity contribution in [2.24, 2.45) is 5.92 Å². The van der Waals surface area contributed by atoms with Gasteiger partial charge in [0.05, 0.1) is 12.7 Å². The van der Waals surface area contributed by atoms with Gasteiger partial charge in [-0.15, -0.1) is 0 Å². The summed E-state index contributed by atoms with van der Waals surface area (Å²) in [5.74, 6) is 1.62. The fraction of sp³-hybridized carbons (Fsp3) is 0.462. The third kappa shape index (κ3) is 5.23. The van der Waals surface area contributed by atoms with Crippen LogP contribution in [0.1, 0.15) is 47.2 Å². The minimum Gasteiger partial charge on any atom is -0.497 e. The lowest BCUT2D eigenvalue weighted by Gasteiger charge is -2.33. The first kappa shape index (κ1) is 22.2. The number of amides is 2. The summed E-state index contributed by atoms with van der Waals surface area (Å²) < 4.78 is 11.6. The van der Waals surface area contributed by atoms with E-state index in [9.17, 15) is 9.59 Å². The molecule has 1 aliphatic heterocycles. The number of nitrogens with zero attached hydrogens (tertiary/aromatic N) is 2. The molecule has 6 heteroatoms. The summed E-state index contributed by atoms with van der Waals surface area (Å²) in [6.07, 6.45) is 3.60. The van der Waals surface area contributed by atoms with Crippen molar-refractivity contribution in [2.45, 2.75) is 45.3 Å². The summed E-state index contributed by atoms with van der Waals surface area (Å²) in [4.78, 5) is 29.3. The highest BCUT2D eigenvalue weighted by Crippen LogP contribution is 2.33. The number of aryl methyl sites for hydroxylation is 1. The molecule has 0 bridgehead atoms. The van der Waals surface area contributed by atoms with E-state index in [0.717, 1.165) is 31.2 Å². The van der Waals surface area contributed by atoms with Crippen LogP contribution in [0.25, 0.3) is 0 Å². The molecular formula is C26H32N2O4. The van der Waals surface area contributed by atoms with Crippen LogP contribution in [0.5, 0.6) is 11.5 Å². The lowest BCUT2D eigenvalue weighted by Crippen LogP contribution is -2.42. The fourth-order valence-electron chi connectivity index (χ4n) is 4.11. The summed E-state index contributed by atoms with van der Waals surface area (Å²) in [6.45, 7) is 3.99. The summed E-state index contributed by atoms with van der Waals surface area (Å²) in [5.41, 5.74) is 2.76. The van der Waals surface area contributed by atoms with Crippen molar-refractivity contribution in [3.05, 3.63) is 59.2 Å². The average molecular weight is 437 g/mol. The van der Waals surface area contributed by atoms with Gasteiger partial charge in [0.2, 0.25) is 5.91 Å². The lowest BCUT2D eigenvalue weighted by molar-refractivity contribution is -0.134. The molecule has 6 nitrogen and oxygen atoms in total. The molecule has 1 aliphatic carbocycles. The number of hydrogen-bond donors (Lipinski definition) is 0. The summed E-state index contributed by atoms with van der Waals surface area (Å²) >= 11 is 0. The van der Waals surface area contributed by atoms with Gasteiger partial charge < -0.3 is 19.3 Å². The average Bonchev–Trinajstić information content (AvgIpc) is 3.66. The molecule has 0 spiro atoms. The predicted octanol–water partition coefficient (Wildman–Crippen LogP) is 4.06. The van der Waals surface area contributed by atoms with Crippen LogP contribution in [0.4, 0.5) is 0 Å². The number of rotatable bonds is 7. The summed E-state index contributed by atoms with van der Waals surface area (Å²) in [7, 11) is 3.39. The van der Waals surface area contributed by atoms with Crippen molar-refractivity contribution in [3.8, 4) is 11.5 Å². The van der Waals surface area contributed by atoms with Crippen LogP contribution in [-0.2, 0) is 11.3 Å². The Bertz CT molecular complexity index is 960. The van der Waals surface area contributed by atoms with Crippen LogP contribution in [-0.4, -0.2) is 55.0 Å². The maximum absolute atomic E-state index is 13.3. The van der Waals surface area contributed by atoms with E-state index in [1.54, 1.807) is 25.1 Å². The van der Waals surface area contributed by atoms with E-state index in [1.165, 1.54) is 5.56 Å². The molecule has 0 radical (unpaired) electrons. The quantitative estimate of drug-likeness (QED) is 0.657. The molecule has 1 saturated heterocycles. The second kappa shape index (κ2) is 9.63. The van der Waals surface area contributed by atoms with Gasteiger partial charge in [0, 0.05) is 45.4 Å². The largest absolute Gasteiger partial charge is 0.497 e. The smallest absolute Gasteiger partial charge is 0.257 e. The van der Waals surface area contributed by atoms with E-state index in [1.807, 2.05) is 48.2 Å². The fourth-order valence-corrected chi connectivity index (χ4v) is 4.11. The molecule has 1 heterocycles.